The summed E-state index contributed by atoms with van der Waals surface area (Å²) in [7, 11) is 0. The van der Waals surface area contributed by atoms with Gasteiger partial charge in [-0.3, -0.25) is 0 Å². The van der Waals surface area contributed by atoms with Crippen LogP contribution in [0.5, 0.6) is 0 Å². The van der Waals surface area contributed by atoms with Crippen molar-refractivity contribution in [3.63, 3.8) is 0 Å². The highest BCUT2D eigenvalue weighted by atomic mass is 32.2. The van der Waals surface area contributed by atoms with Crippen LogP contribution in [0.25, 0.3) is 0 Å². The smallest absolute Gasteiger partial charge is 0.122 e. The summed E-state index contributed by atoms with van der Waals surface area (Å²) in [6, 6.07) is 0. The molecule has 0 aromatic rings. The SMILES string of the molecule is CC=[SH]C(N)=S.N. The fourth-order valence-electron chi connectivity index (χ4n) is 0.127. The molecule has 0 saturated carbocycles. The number of hydrogen-bond acceptors (Lipinski definition) is 2. The van der Waals surface area contributed by atoms with Gasteiger partial charge in [-0.1, -0.05) is 17.6 Å². The fraction of sp³-hybridized carbons (Fsp3) is 0.333. The first-order valence-electron chi connectivity index (χ1n) is 1.55. The van der Waals surface area contributed by atoms with Crippen molar-refractivity contribution in [2.45, 2.75) is 6.92 Å². The van der Waals surface area contributed by atoms with E-state index in [-0.39, 0.29) is 6.15 Å². The number of nitrogens with two attached hydrogens (primary N) is 1. The minimum atomic E-state index is 0. The molecule has 0 bridgehead atoms. The lowest BCUT2D eigenvalue weighted by Gasteiger charge is -1.76. The predicted molar refractivity (Wildman–Crippen MR) is 42.5 cm³/mol. The van der Waals surface area contributed by atoms with Gasteiger partial charge in [0.05, 0.1) is 0 Å². The summed E-state index contributed by atoms with van der Waals surface area (Å²) < 4.78 is 0.539. The van der Waals surface area contributed by atoms with Crippen LogP contribution >= 0.6 is 23.6 Å². The number of rotatable bonds is 0. The second-order valence-electron chi connectivity index (χ2n) is 0.726. The van der Waals surface area contributed by atoms with Crippen LogP contribution in [0.2, 0.25) is 0 Å². The number of thiol groups is 1. The summed E-state index contributed by atoms with van der Waals surface area (Å²) in [5, 5.41) is 1.91. The van der Waals surface area contributed by atoms with Gasteiger partial charge in [0, 0.05) is 0 Å². The van der Waals surface area contributed by atoms with Crippen molar-refractivity contribution >= 4 is 33.3 Å². The Balaban J connectivity index is 0. The van der Waals surface area contributed by atoms with Gasteiger partial charge in [-0.2, -0.15) is 0 Å². The second-order valence-corrected chi connectivity index (χ2v) is 2.72. The molecule has 0 heterocycles. The Hall–Kier alpha value is 0.0700. The van der Waals surface area contributed by atoms with Gasteiger partial charge in [-0.25, -0.2) is 0 Å². The Kier molecular flexibility index (Phi) is 8.79. The Morgan fingerprint density at radius 2 is 2.29 bits per heavy atom. The zero-order valence-corrected chi connectivity index (χ0v) is 5.93. The van der Waals surface area contributed by atoms with Crippen LogP contribution in [0.15, 0.2) is 0 Å². The van der Waals surface area contributed by atoms with Gasteiger partial charge in [-0.15, -0.1) is 11.4 Å². The largest absolute Gasteiger partial charge is 0.385 e. The van der Waals surface area contributed by atoms with Gasteiger partial charge < -0.3 is 11.9 Å². The molecule has 0 fully saturated rings. The Morgan fingerprint density at radius 3 is 2.29 bits per heavy atom. The summed E-state index contributed by atoms with van der Waals surface area (Å²) >= 11 is 5.49. The van der Waals surface area contributed by atoms with E-state index in [4.69, 9.17) is 5.73 Å². The first-order valence-corrected chi connectivity index (χ1v) is 2.92. The van der Waals surface area contributed by atoms with Crippen LogP contribution in [0.1, 0.15) is 6.92 Å². The second kappa shape index (κ2) is 6.07. The molecule has 0 rings (SSSR count). The fourth-order valence-corrected chi connectivity index (χ4v) is 0.698. The lowest BCUT2D eigenvalue weighted by molar-refractivity contribution is 1.91. The van der Waals surface area contributed by atoms with Crippen LogP contribution < -0.4 is 11.9 Å². The standard InChI is InChI=1S/C3H7NS2.H3N/c1-2-6-3(4)5;/h2,6H,1H3,(H2,4,5);1H3. The summed E-state index contributed by atoms with van der Waals surface area (Å²) in [6.45, 7) is 1.92. The molecule has 44 valence electrons. The molecule has 0 amide bonds. The van der Waals surface area contributed by atoms with Crippen molar-refractivity contribution in [2.75, 3.05) is 0 Å². The van der Waals surface area contributed by atoms with E-state index in [0.717, 1.165) is 11.4 Å². The van der Waals surface area contributed by atoms with Crippen LogP contribution in [0.4, 0.5) is 0 Å². The predicted octanol–water partition coefficient (Wildman–Crippen LogP) is 0.680. The van der Waals surface area contributed by atoms with E-state index >= 15 is 0 Å². The summed E-state index contributed by atoms with van der Waals surface area (Å²) in [4.78, 5) is 0. The van der Waals surface area contributed by atoms with Crippen LogP contribution in [-0.4, -0.2) is 9.69 Å². The first-order chi connectivity index (χ1) is 2.77. The molecular formula is C3H10N2S2. The molecule has 0 aromatic carbocycles. The maximum Gasteiger partial charge on any atom is 0.122 e. The molecule has 0 aromatic heterocycles. The van der Waals surface area contributed by atoms with Crippen molar-refractivity contribution in [3.05, 3.63) is 0 Å². The molecule has 0 aliphatic rings. The molecule has 4 heteroatoms. The molecule has 0 saturated heterocycles. The zero-order chi connectivity index (χ0) is 4.99. The molecule has 0 aliphatic heterocycles. The van der Waals surface area contributed by atoms with Crippen LogP contribution in [-0.2, 0) is 0 Å². The van der Waals surface area contributed by atoms with Gasteiger partial charge >= 0.3 is 0 Å². The van der Waals surface area contributed by atoms with E-state index in [9.17, 15) is 0 Å². The maximum absolute atomic E-state index is 5.09. The van der Waals surface area contributed by atoms with Crippen LogP contribution in [0, 0.1) is 0 Å². The molecule has 7 heavy (non-hydrogen) atoms. The van der Waals surface area contributed by atoms with Crippen molar-refractivity contribution < 1.29 is 0 Å². The van der Waals surface area contributed by atoms with E-state index in [0.29, 0.717) is 4.32 Å². The van der Waals surface area contributed by atoms with Crippen molar-refractivity contribution in [1.82, 2.24) is 6.15 Å². The van der Waals surface area contributed by atoms with Crippen LogP contribution in [0.3, 0.4) is 0 Å². The molecule has 0 atom stereocenters. The van der Waals surface area contributed by atoms with Gasteiger partial charge in [0.25, 0.3) is 0 Å². The Morgan fingerprint density at radius 1 is 1.86 bits per heavy atom. The highest BCUT2D eigenvalue weighted by Gasteiger charge is 1.65. The van der Waals surface area contributed by atoms with Crippen molar-refractivity contribution in [3.8, 4) is 0 Å². The minimum absolute atomic E-state index is 0. The third-order valence-corrected chi connectivity index (χ3v) is 1.09. The highest BCUT2D eigenvalue weighted by molar-refractivity contribution is 8.21. The van der Waals surface area contributed by atoms with E-state index in [1.165, 1.54) is 0 Å². The average Bonchev–Trinajstić information content (AvgIpc) is 1.35. The van der Waals surface area contributed by atoms with E-state index in [1.54, 1.807) is 0 Å². The van der Waals surface area contributed by atoms with Crippen molar-refractivity contribution in [1.29, 1.82) is 0 Å². The molecule has 0 aliphatic carbocycles. The van der Waals surface area contributed by atoms with Gasteiger partial charge in [0.15, 0.2) is 0 Å². The first kappa shape index (κ1) is 10.1. The minimum Gasteiger partial charge on any atom is -0.385 e. The topological polar surface area (TPSA) is 61.0 Å². The lowest BCUT2D eigenvalue weighted by Crippen LogP contribution is -1.97. The molecule has 2 nitrogen and oxygen atoms in total. The summed E-state index contributed by atoms with van der Waals surface area (Å²) in [5.41, 5.74) is 5.09. The number of hydrogen-bond donors (Lipinski definition) is 3. The average molecular weight is 138 g/mol. The van der Waals surface area contributed by atoms with Crippen molar-refractivity contribution in [2.24, 2.45) is 5.73 Å². The summed E-state index contributed by atoms with van der Waals surface area (Å²) in [6.07, 6.45) is 0. The Bertz CT molecular complexity index is 79.0. The third-order valence-electron chi connectivity index (χ3n) is 0.256. The zero-order valence-electron chi connectivity index (χ0n) is 4.22. The normalized spacial score (nSPS) is 9.29. The number of thiocarbonyl (C=S) groups is 1. The van der Waals surface area contributed by atoms with Gasteiger partial charge in [0.1, 0.15) is 4.32 Å². The van der Waals surface area contributed by atoms with E-state index < -0.39 is 0 Å². The molecular weight excluding hydrogens is 128 g/mol. The summed E-state index contributed by atoms with van der Waals surface area (Å²) in [5.74, 6) is 0. The highest BCUT2D eigenvalue weighted by Crippen LogP contribution is 1.79. The van der Waals surface area contributed by atoms with Gasteiger partial charge in [0.2, 0.25) is 0 Å². The molecule has 0 radical (unpaired) electrons. The van der Waals surface area contributed by atoms with E-state index in [1.807, 2.05) is 12.3 Å². The van der Waals surface area contributed by atoms with E-state index in [2.05, 4.69) is 12.2 Å². The lowest BCUT2D eigenvalue weighted by atomic mass is 11.0. The maximum atomic E-state index is 5.09. The third kappa shape index (κ3) is 10.7. The Labute approximate surface area is 52.6 Å². The quantitative estimate of drug-likeness (QED) is 0.341. The van der Waals surface area contributed by atoms with Gasteiger partial charge in [-0.05, 0) is 6.92 Å². The monoisotopic (exact) mass is 138 g/mol. The molecule has 0 spiro atoms. The molecule has 5 N–H and O–H groups in total. The molecule has 0 unspecified atom stereocenters.